The lowest BCUT2D eigenvalue weighted by molar-refractivity contribution is -0.115. The average molecular weight is 374 g/mol. The molecule has 0 aliphatic heterocycles. The Hall–Kier alpha value is -1.30. The van der Waals surface area contributed by atoms with Crippen molar-refractivity contribution >= 4 is 39.0 Å². The fourth-order valence-corrected chi connectivity index (χ4v) is 3.75. The summed E-state index contributed by atoms with van der Waals surface area (Å²) in [6, 6.07) is 7.92. The molecule has 1 aromatic carbocycles. The highest BCUT2D eigenvalue weighted by Gasteiger charge is 2.40. The van der Waals surface area contributed by atoms with Crippen LogP contribution >= 0.6 is 23.2 Å². The molecule has 124 valence electrons. The number of alkyl halides is 1. The van der Waals surface area contributed by atoms with Crippen LogP contribution in [-0.2, 0) is 14.8 Å². The molecule has 4 nitrogen and oxygen atoms in total. The van der Waals surface area contributed by atoms with Crippen LogP contribution in [-0.4, -0.2) is 19.1 Å². The molecule has 0 fully saturated rings. The highest BCUT2D eigenvalue weighted by molar-refractivity contribution is 7.89. The lowest BCUT2D eigenvalue weighted by Crippen LogP contribution is -2.38. The first-order chi connectivity index (χ1) is 10.6. The number of hydrogen-bond donors (Lipinski definition) is 1. The molecule has 1 aliphatic rings. The fourth-order valence-electron chi connectivity index (χ4n) is 2.17. The van der Waals surface area contributed by atoms with Gasteiger partial charge in [0.1, 0.15) is 4.87 Å². The average Bonchev–Trinajstić information content (AvgIpc) is 2.49. The molecule has 1 N–H and O–H groups in total. The zero-order valence-corrected chi connectivity index (χ0v) is 15.3. The van der Waals surface area contributed by atoms with E-state index in [2.05, 4.69) is 4.72 Å². The number of carbonyl (C=O) groups is 1. The van der Waals surface area contributed by atoms with E-state index in [1.54, 1.807) is 18.2 Å². The maximum absolute atomic E-state index is 12.5. The van der Waals surface area contributed by atoms with E-state index in [1.165, 1.54) is 25.1 Å². The van der Waals surface area contributed by atoms with Crippen LogP contribution in [0.25, 0.3) is 0 Å². The molecule has 0 bridgehead atoms. The molecule has 23 heavy (non-hydrogen) atoms. The molecule has 0 saturated carbocycles. The monoisotopic (exact) mass is 373 g/mol. The molecule has 0 spiro atoms. The Morgan fingerprint density at radius 2 is 1.74 bits per heavy atom. The first-order valence-corrected chi connectivity index (χ1v) is 9.24. The van der Waals surface area contributed by atoms with Crippen LogP contribution in [0.1, 0.15) is 20.8 Å². The lowest BCUT2D eigenvalue weighted by atomic mass is 9.88. The van der Waals surface area contributed by atoms with Gasteiger partial charge >= 0.3 is 0 Å². The standard InChI is InChI=1S/C16H17Cl2NO3S/c1-10(2)12-9-13(20)16(3,18)15(17)14(12)19-23(21,22)11-7-5-4-6-8-11/h4-10,19H,1-3H3/t16-/m1/s1. The van der Waals surface area contributed by atoms with E-state index in [9.17, 15) is 13.2 Å². The number of hydrogen-bond acceptors (Lipinski definition) is 3. The van der Waals surface area contributed by atoms with Gasteiger partial charge in [0.2, 0.25) is 0 Å². The molecule has 1 atom stereocenters. The molecule has 0 aromatic heterocycles. The van der Waals surface area contributed by atoms with E-state index in [0.29, 0.717) is 5.57 Å². The summed E-state index contributed by atoms with van der Waals surface area (Å²) in [5.74, 6) is -0.468. The van der Waals surface area contributed by atoms with Crippen molar-refractivity contribution in [3.05, 3.63) is 52.7 Å². The van der Waals surface area contributed by atoms with Crippen molar-refractivity contribution in [2.75, 3.05) is 0 Å². The molecular weight excluding hydrogens is 357 g/mol. The van der Waals surface area contributed by atoms with Crippen LogP contribution < -0.4 is 4.72 Å². The highest BCUT2D eigenvalue weighted by atomic mass is 35.5. The second-order valence-corrected chi connectivity index (χ2v) is 8.55. The Labute approximate surface area is 146 Å². The van der Waals surface area contributed by atoms with E-state index >= 15 is 0 Å². The van der Waals surface area contributed by atoms with Gasteiger partial charge in [-0.05, 0) is 36.6 Å². The van der Waals surface area contributed by atoms with Crippen LogP contribution in [0.15, 0.2) is 57.6 Å². The summed E-state index contributed by atoms with van der Waals surface area (Å²) in [6.07, 6.45) is 1.35. The van der Waals surface area contributed by atoms with Crippen LogP contribution in [0.4, 0.5) is 0 Å². The number of allylic oxidation sites excluding steroid dienone is 3. The van der Waals surface area contributed by atoms with Crippen LogP contribution in [0.3, 0.4) is 0 Å². The largest absolute Gasteiger partial charge is 0.292 e. The van der Waals surface area contributed by atoms with Gasteiger partial charge in [-0.15, -0.1) is 11.6 Å². The molecule has 2 rings (SSSR count). The van der Waals surface area contributed by atoms with E-state index in [4.69, 9.17) is 23.2 Å². The van der Waals surface area contributed by atoms with Crippen molar-refractivity contribution in [2.45, 2.75) is 30.5 Å². The minimum atomic E-state index is -3.83. The van der Waals surface area contributed by atoms with Gasteiger partial charge in [0, 0.05) is 0 Å². The van der Waals surface area contributed by atoms with Gasteiger partial charge in [-0.25, -0.2) is 8.42 Å². The van der Waals surface area contributed by atoms with Crippen molar-refractivity contribution < 1.29 is 13.2 Å². The molecule has 0 radical (unpaired) electrons. The summed E-state index contributed by atoms with van der Waals surface area (Å²) >= 11 is 12.5. The Balaban J connectivity index is 2.53. The Morgan fingerprint density at radius 1 is 1.17 bits per heavy atom. The van der Waals surface area contributed by atoms with Gasteiger partial charge in [0.25, 0.3) is 10.0 Å². The summed E-state index contributed by atoms with van der Waals surface area (Å²) in [6.45, 7) is 5.14. The molecule has 0 saturated heterocycles. The number of nitrogens with one attached hydrogen (secondary N) is 1. The number of ketones is 1. The van der Waals surface area contributed by atoms with Crippen LogP contribution in [0, 0.1) is 5.92 Å². The van der Waals surface area contributed by atoms with Crippen molar-refractivity contribution in [3.63, 3.8) is 0 Å². The first kappa shape index (κ1) is 18.0. The molecule has 1 aliphatic carbocycles. The first-order valence-electron chi connectivity index (χ1n) is 7.01. The molecule has 7 heteroatoms. The molecule has 0 heterocycles. The number of sulfonamides is 1. The number of halogens is 2. The van der Waals surface area contributed by atoms with Crippen LogP contribution in [0.2, 0.25) is 0 Å². The van der Waals surface area contributed by atoms with Gasteiger partial charge < -0.3 is 0 Å². The topological polar surface area (TPSA) is 63.2 Å². The number of benzene rings is 1. The van der Waals surface area contributed by atoms with Crippen molar-refractivity contribution in [1.82, 2.24) is 4.72 Å². The molecule has 0 amide bonds. The maximum Gasteiger partial charge on any atom is 0.261 e. The number of carbonyl (C=O) groups excluding carboxylic acids is 1. The summed E-state index contributed by atoms with van der Waals surface area (Å²) in [7, 11) is -3.83. The number of rotatable bonds is 4. The molecule has 1 aromatic rings. The summed E-state index contributed by atoms with van der Waals surface area (Å²) in [5, 5.41) is -0.0186. The molecule has 0 unspecified atom stereocenters. The van der Waals surface area contributed by atoms with Gasteiger partial charge in [-0.3, -0.25) is 9.52 Å². The predicted molar refractivity (Wildman–Crippen MR) is 91.8 cm³/mol. The minimum Gasteiger partial charge on any atom is -0.292 e. The quantitative estimate of drug-likeness (QED) is 0.820. The summed E-state index contributed by atoms with van der Waals surface area (Å²) in [5.41, 5.74) is 0.681. The van der Waals surface area contributed by atoms with Crippen LogP contribution in [0.5, 0.6) is 0 Å². The smallest absolute Gasteiger partial charge is 0.261 e. The second-order valence-electron chi connectivity index (χ2n) is 5.73. The summed E-state index contributed by atoms with van der Waals surface area (Å²) in [4.78, 5) is 10.7. The Bertz CT molecular complexity index is 794. The maximum atomic E-state index is 12.5. The van der Waals surface area contributed by atoms with E-state index in [1.807, 2.05) is 13.8 Å². The SMILES string of the molecule is CC(C)C1=CC(=O)[C@@](C)(Cl)C(Cl)=C1NS(=O)(=O)c1ccccc1. The van der Waals surface area contributed by atoms with Gasteiger partial charge in [0.15, 0.2) is 5.78 Å². The van der Waals surface area contributed by atoms with Crippen molar-refractivity contribution in [3.8, 4) is 0 Å². The third-order valence-corrected chi connectivity index (χ3v) is 5.99. The van der Waals surface area contributed by atoms with E-state index < -0.39 is 14.9 Å². The summed E-state index contributed by atoms with van der Waals surface area (Å²) < 4.78 is 27.6. The predicted octanol–water partition coefficient (Wildman–Crippen LogP) is 3.58. The van der Waals surface area contributed by atoms with Gasteiger partial charge in [-0.2, -0.15) is 0 Å². The van der Waals surface area contributed by atoms with Gasteiger partial charge in [-0.1, -0.05) is 43.6 Å². The Morgan fingerprint density at radius 3 is 2.26 bits per heavy atom. The fraction of sp³-hybridized carbons (Fsp3) is 0.312. The minimum absolute atomic E-state index is 0.0186. The lowest BCUT2D eigenvalue weighted by Gasteiger charge is -2.29. The van der Waals surface area contributed by atoms with Gasteiger partial charge in [0.05, 0.1) is 15.6 Å². The highest BCUT2D eigenvalue weighted by Crippen LogP contribution is 2.39. The van der Waals surface area contributed by atoms with E-state index in [-0.39, 0.29) is 27.3 Å². The second kappa shape index (κ2) is 6.30. The van der Waals surface area contributed by atoms with E-state index in [0.717, 1.165) is 0 Å². The Kier molecular flexibility index (Phi) is 4.95. The zero-order chi connectivity index (χ0) is 17.4. The molecular formula is C16H17Cl2NO3S. The zero-order valence-electron chi connectivity index (χ0n) is 12.9. The normalized spacial score (nSPS) is 22.3. The van der Waals surface area contributed by atoms with Crippen molar-refractivity contribution in [1.29, 1.82) is 0 Å². The third-order valence-electron chi connectivity index (χ3n) is 3.58. The van der Waals surface area contributed by atoms with Crippen molar-refractivity contribution in [2.24, 2.45) is 5.92 Å². The third kappa shape index (κ3) is 3.47.